The van der Waals surface area contributed by atoms with Gasteiger partial charge in [0.25, 0.3) is 0 Å². The molecule has 0 aliphatic carbocycles. The van der Waals surface area contributed by atoms with E-state index in [0.29, 0.717) is 66.1 Å². The van der Waals surface area contributed by atoms with Crippen molar-refractivity contribution in [3.05, 3.63) is 163 Å². The van der Waals surface area contributed by atoms with Crippen molar-refractivity contribution in [2.24, 2.45) is 0 Å². The van der Waals surface area contributed by atoms with Gasteiger partial charge < -0.3 is 18.6 Å². The molecule has 0 atom stereocenters. The topological polar surface area (TPSA) is 32.8 Å². The van der Waals surface area contributed by atoms with Crippen molar-refractivity contribution in [3.63, 3.8) is 0 Å². The molecule has 0 amide bonds. The van der Waals surface area contributed by atoms with E-state index in [1.165, 1.54) is 11.3 Å². The summed E-state index contributed by atoms with van der Waals surface area (Å²) in [5.41, 5.74) is 4.19. The summed E-state index contributed by atoms with van der Waals surface area (Å²) >= 11 is 1.46. The van der Waals surface area contributed by atoms with Crippen molar-refractivity contribution in [2.45, 2.75) is 26.2 Å². The first-order valence-electron chi connectivity index (χ1n) is 25.1. The highest BCUT2D eigenvalue weighted by Crippen LogP contribution is 2.51. The fraction of sp³-hybridized carbons (Fsp3) is 0.0800. The third-order valence-electron chi connectivity index (χ3n) is 10.9. The molecule has 5 heterocycles. The number of furan rings is 2. The maximum Gasteiger partial charge on any atom is 0.309 e. The summed E-state index contributed by atoms with van der Waals surface area (Å²) < 4.78 is 141. The largest absolute Gasteiger partial charge is 0.468 e. The second-order valence-corrected chi connectivity index (χ2v) is 16.1. The second-order valence-electron chi connectivity index (χ2n) is 15.1. The van der Waals surface area contributed by atoms with Gasteiger partial charge in [0.05, 0.1) is 30.6 Å². The minimum Gasteiger partial charge on any atom is -0.468 e. The van der Waals surface area contributed by atoms with Crippen LogP contribution in [0.5, 0.6) is 0 Å². The molecule has 0 bridgehead atoms. The fourth-order valence-electron chi connectivity index (χ4n) is 8.46. The van der Waals surface area contributed by atoms with Gasteiger partial charge in [0, 0.05) is 59.3 Å². The minimum absolute atomic E-state index is 0.0622. The van der Waals surface area contributed by atoms with Gasteiger partial charge in [-0.2, -0.15) is 0 Å². The van der Waals surface area contributed by atoms with E-state index in [9.17, 15) is 5.48 Å². The van der Waals surface area contributed by atoms with E-state index in [-0.39, 0.29) is 45.4 Å². The third kappa shape index (κ3) is 4.42. The number of para-hydroxylation sites is 5. The highest BCUT2D eigenvalue weighted by atomic mass is 32.1. The monoisotopic (exact) mass is 752 g/mol. The lowest BCUT2D eigenvalue weighted by Crippen LogP contribution is -2.60. The van der Waals surface area contributed by atoms with E-state index >= 15 is 0 Å². The Morgan fingerprint density at radius 2 is 1.29 bits per heavy atom. The second kappa shape index (κ2) is 11.5. The number of hydrogen-bond donors (Lipinski definition) is 0. The predicted octanol–water partition coefficient (Wildman–Crippen LogP) is 12.6. The summed E-state index contributed by atoms with van der Waals surface area (Å²) in [7, 11) is 0. The molecular formula is C50H35BN2O2S. The molecule has 4 nitrogen and oxygen atoms in total. The van der Waals surface area contributed by atoms with Crippen LogP contribution in [0.2, 0.25) is 0 Å². The van der Waals surface area contributed by atoms with Crippen LogP contribution in [0.25, 0.3) is 54.1 Å². The van der Waals surface area contributed by atoms with Crippen LogP contribution in [0.1, 0.15) is 45.5 Å². The van der Waals surface area contributed by atoms with E-state index in [1.807, 2.05) is 24.3 Å². The number of rotatable bonds is 3. The van der Waals surface area contributed by atoms with Gasteiger partial charge in [0.15, 0.2) is 0 Å². The molecule has 0 N–H and O–H groups in total. The van der Waals surface area contributed by atoms with Crippen LogP contribution in [0.3, 0.4) is 0 Å². The van der Waals surface area contributed by atoms with Crippen LogP contribution < -0.4 is 25.7 Å². The van der Waals surface area contributed by atoms with Crippen LogP contribution in [0.4, 0.5) is 34.1 Å². The normalized spacial score (nSPS) is 17.0. The summed E-state index contributed by atoms with van der Waals surface area (Å²) in [4.78, 5) is 3.30. The minimum atomic E-state index is -0.765. The summed E-state index contributed by atoms with van der Waals surface area (Å²) in [6.07, 6.45) is 0. The van der Waals surface area contributed by atoms with Crippen molar-refractivity contribution >= 4 is 111 Å². The maximum absolute atomic E-state index is 9.54. The Labute approximate surface area is 348 Å². The highest BCUT2D eigenvalue weighted by molar-refractivity contribution is 7.33. The van der Waals surface area contributed by atoms with E-state index in [0.717, 1.165) is 15.6 Å². The van der Waals surface area contributed by atoms with Gasteiger partial charge in [0.1, 0.15) is 22.4 Å². The number of anilines is 6. The predicted molar refractivity (Wildman–Crippen MR) is 237 cm³/mol. The molecule has 0 radical (unpaired) electrons. The molecule has 10 aromatic rings. The molecule has 6 heteroatoms. The number of thiophene rings is 1. The van der Waals surface area contributed by atoms with Crippen molar-refractivity contribution in [1.82, 2.24) is 0 Å². The Bertz CT molecular complexity index is 3990. The zero-order chi connectivity index (χ0) is 49.5. The molecule has 12 rings (SSSR count). The fourth-order valence-corrected chi connectivity index (χ4v) is 9.73. The smallest absolute Gasteiger partial charge is 0.309 e. The summed E-state index contributed by atoms with van der Waals surface area (Å²) in [5.74, 6) is 0. The molecule has 0 saturated carbocycles. The van der Waals surface area contributed by atoms with Gasteiger partial charge in [-0.25, -0.2) is 0 Å². The Kier molecular flexibility index (Phi) is 4.31. The van der Waals surface area contributed by atoms with Gasteiger partial charge >= 0.3 is 6.71 Å². The molecule has 0 fully saturated rings. The molecular weight excluding hydrogens is 703 g/mol. The van der Waals surface area contributed by atoms with Crippen molar-refractivity contribution in [2.75, 3.05) is 9.80 Å². The van der Waals surface area contributed by atoms with Gasteiger partial charge in [-0.1, -0.05) is 112 Å². The van der Waals surface area contributed by atoms with Crippen LogP contribution in [0.15, 0.2) is 166 Å². The number of nitrogens with zero attached hydrogens (tertiary/aromatic N) is 2. The first-order valence-corrected chi connectivity index (χ1v) is 19.0. The SMILES string of the molecule is [2H]c1c([2H])c([2H])c(N2c3cc(-c4cccc5c4oc4c([2H])c([2H])c([2H])c([2H])c45)cc4c3B(c3oc5ccccc5c32)c2sc3ccc(C(C)(C)C)cc3c2N4c2c([2H])c([2H])c([2H])c([2H])c2[2H])c([2H])c1[2H]. The van der Waals surface area contributed by atoms with Crippen LogP contribution >= 0.6 is 11.3 Å². The van der Waals surface area contributed by atoms with Gasteiger partial charge in [0.2, 0.25) is 0 Å². The van der Waals surface area contributed by atoms with Crippen LogP contribution in [0, 0.1) is 0 Å². The standard InChI is InChI=1S/C50H35BN2O2S/c1-50(2,3)31-25-26-43-38(29-31)46-49(56-43)51-44-39(52(32-15-6-4-7-16-32)45-37-20-11-13-24-42(37)55-48(45)51)27-30(28-40(44)53(46)33-17-8-5-9-18-33)34-21-14-22-36-35-19-10-12-23-41(35)54-47(34)36/h4-29H,1-3H3/i4D,5D,6D,7D,8D,9D,10D,12D,15D,16D,17D,18D,19D,23D. The lowest BCUT2D eigenvalue weighted by Gasteiger charge is -2.41. The van der Waals surface area contributed by atoms with Gasteiger partial charge in [-0.05, 0) is 88.6 Å². The van der Waals surface area contributed by atoms with E-state index in [4.69, 9.17) is 22.5 Å². The Morgan fingerprint density at radius 3 is 2.04 bits per heavy atom. The number of benzene rings is 7. The molecule has 0 spiro atoms. The van der Waals surface area contributed by atoms with Gasteiger partial charge in [-0.3, -0.25) is 0 Å². The van der Waals surface area contributed by atoms with E-state index in [2.05, 4.69) is 32.9 Å². The molecule has 0 saturated heterocycles. The van der Waals surface area contributed by atoms with Crippen molar-refractivity contribution < 1.29 is 28.0 Å². The molecule has 3 aromatic heterocycles. The summed E-state index contributed by atoms with van der Waals surface area (Å²) in [6.45, 7) is 5.50. The lowest BCUT2D eigenvalue weighted by molar-refractivity contribution is 0.591. The average molecular weight is 753 g/mol. The molecule has 0 unspecified atom stereocenters. The average Bonchev–Trinajstić information content (AvgIpc) is 4.05. The van der Waals surface area contributed by atoms with Crippen LogP contribution in [-0.4, -0.2) is 6.71 Å². The summed E-state index contributed by atoms with van der Waals surface area (Å²) in [6, 6.07) is 15.2. The first-order chi connectivity index (χ1) is 33.2. The molecule has 2 aliphatic heterocycles. The van der Waals surface area contributed by atoms with Crippen LogP contribution in [-0.2, 0) is 5.41 Å². The Balaban J connectivity index is 1.31. The number of fused-ring (bicyclic) bond motifs is 11. The molecule has 56 heavy (non-hydrogen) atoms. The zero-order valence-corrected chi connectivity index (χ0v) is 30.9. The quantitative estimate of drug-likeness (QED) is 0.168. The van der Waals surface area contributed by atoms with Crippen molar-refractivity contribution in [1.29, 1.82) is 0 Å². The van der Waals surface area contributed by atoms with E-state index < -0.39 is 79.2 Å². The van der Waals surface area contributed by atoms with Crippen molar-refractivity contribution in [3.8, 4) is 11.1 Å². The first kappa shape index (κ1) is 21.0. The Hall–Kier alpha value is -6.50. The maximum atomic E-state index is 9.54. The molecule has 7 aromatic carbocycles. The van der Waals surface area contributed by atoms with Gasteiger partial charge in [-0.15, -0.1) is 11.3 Å². The zero-order valence-electron chi connectivity index (χ0n) is 44.1. The number of hydrogen-bond acceptors (Lipinski definition) is 5. The Morgan fingerprint density at radius 1 is 0.607 bits per heavy atom. The van der Waals surface area contributed by atoms with E-state index in [1.54, 1.807) is 46.2 Å². The molecule has 266 valence electrons. The lowest BCUT2D eigenvalue weighted by atomic mass is 9.38. The summed E-state index contributed by atoms with van der Waals surface area (Å²) in [5, 5.41) is 1.88. The highest BCUT2D eigenvalue weighted by Gasteiger charge is 2.48. The third-order valence-corrected chi connectivity index (χ3v) is 12.1. The molecule has 2 aliphatic rings.